The second kappa shape index (κ2) is 5.50. The summed E-state index contributed by atoms with van der Waals surface area (Å²) in [4.78, 5) is 43.9. The van der Waals surface area contributed by atoms with Gasteiger partial charge in [-0.05, 0) is 42.2 Å². The number of aromatic nitrogens is 1. The minimum Gasteiger partial charge on any atom is -0.323 e. The van der Waals surface area contributed by atoms with Gasteiger partial charge in [-0.25, -0.2) is 0 Å². The van der Waals surface area contributed by atoms with E-state index in [9.17, 15) is 14.4 Å². The monoisotopic (exact) mass is 373 g/mol. The average molecular weight is 373 g/mol. The zero-order valence-electron chi connectivity index (χ0n) is 15.1. The van der Waals surface area contributed by atoms with E-state index in [1.54, 1.807) is 6.20 Å². The van der Waals surface area contributed by atoms with Crippen LogP contribution in [-0.4, -0.2) is 34.2 Å². The fraction of sp³-hybridized carbons (Fsp3) is 0.364. The molecule has 0 radical (unpaired) electrons. The summed E-state index contributed by atoms with van der Waals surface area (Å²) in [5.41, 5.74) is 1.40. The number of pyridine rings is 1. The Bertz CT molecular complexity index is 1040. The Kier molecular flexibility index (Phi) is 3.14. The summed E-state index contributed by atoms with van der Waals surface area (Å²) in [5.74, 6) is 0.225. The number of benzene rings is 1. The number of rotatable bonds is 3. The number of carbonyl (C=O) groups is 3. The van der Waals surface area contributed by atoms with Gasteiger partial charge in [0.15, 0.2) is 0 Å². The third-order valence-corrected chi connectivity index (χ3v) is 6.93. The second-order valence-electron chi connectivity index (χ2n) is 8.38. The first-order valence-corrected chi connectivity index (χ1v) is 9.80. The van der Waals surface area contributed by atoms with E-state index in [4.69, 9.17) is 0 Å². The minimum atomic E-state index is -0.372. The number of imide groups is 1. The molecule has 1 saturated heterocycles. The molecule has 5 aliphatic rings. The molecule has 3 fully saturated rings. The lowest BCUT2D eigenvalue weighted by atomic mass is 9.63. The van der Waals surface area contributed by atoms with E-state index in [-0.39, 0.29) is 47.9 Å². The minimum absolute atomic E-state index is 0.175. The molecule has 7 rings (SSSR count). The summed E-state index contributed by atoms with van der Waals surface area (Å²) in [6.07, 6.45) is 6.99. The van der Waals surface area contributed by atoms with E-state index in [1.165, 1.54) is 4.90 Å². The van der Waals surface area contributed by atoms with Gasteiger partial charge in [0.1, 0.15) is 6.54 Å². The second-order valence-corrected chi connectivity index (χ2v) is 8.38. The van der Waals surface area contributed by atoms with Crippen molar-refractivity contribution in [2.45, 2.75) is 6.42 Å². The van der Waals surface area contributed by atoms with Crippen LogP contribution >= 0.6 is 0 Å². The van der Waals surface area contributed by atoms with Gasteiger partial charge in [-0.3, -0.25) is 24.3 Å². The van der Waals surface area contributed by atoms with Crippen molar-refractivity contribution < 1.29 is 14.4 Å². The van der Waals surface area contributed by atoms with E-state index in [1.807, 2.05) is 30.3 Å². The highest BCUT2D eigenvalue weighted by atomic mass is 16.2. The van der Waals surface area contributed by atoms with Crippen molar-refractivity contribution in [3.05, 3.63) is 48.7 Å². The Morgan fingerprint density at radius 3 is 2.46 bits per heavy atom. The lowest BCUT2D eigenvalue weighted by Crippen LogP contribution is -2.40. The summed E-state index contributed by atoms with van der Waals surface area (Å²) < 4.78 is 0. The number of amides is 3. The third kappa shape index (κ3) is 2.14. The summed E-state index contributed by atoms with van der Waals surface area (Å²) >= 11 is 0. The predicted octanol–water partition coefficient (Wildman–Crippen LogP) is 2.23. The maximum Gasteiger partial charge on any atom is 0.244 e. The molecule has 4 aliphatic carbocycles. The van der Waals surface area contributed by atoms with E-state index < -0.39 is 0 Å². The number of likely N-dealkylation sites (tertiary alicyclic amines) is 1. The van der Waals surface area contributed by atoms with Crippen LogP contribution in [0.2, 0.25) is 0 Å². The molecule has 6 atom stereocenters. The highest BCUT2D eigenvalue weighted by molar-refractivity contribution is 6.09. The lowest BCUT2D eigenvalue weighted by Gasteiger charge is -2.37. The maximum absolute atomic E-state index is 12.9. The molecule has 28 heavy (non-hydrogen) atoms. The standard InChI is InChI=1S/C22H19N3O3/c26-18(24-12-7-11-3-1-2-4-17(11)23-9-12)10-25-21(27)19-13-5-6-14(16-8-15(13)16)20(19)22(25)28/h1-7,9,13-16,19-20H,8,10H2,(H,24,26)/t13-,14-,15-,16-,19-,20+/m1/s1. The van der Waals surface area contributed by atoms with Gasteiger partial charge in [-0.1, -0.05) is 30.4 Å². The number of carbonyl (C=O) groups excluding carboxylic acids is 3. The molecule has 2 aromatic rings. The zero-order valence-corrected chi connectivity index (χ0v) is 15.1. The SMILES string of the molecule is O=C(CN1C(=O)[C@@H]2[C@@H]3C=C[C@H]([C@H]4C[C@H]34)[C@@H]2C1=O)Nc1cnc2ccccc2c1. The van der Waals surface area contributed by atoms with E-state index in [0.29, 0.717) is 17.5 Å². The largest absolute Gasteiger partial charge is 0.323 e. The first kappa shape index (κ1) is 16.0. The molecule has 140 valence electrons. The molecule has 3 amide bonds. The number of hydrogen-bond acceptors (Lipinski definition) is 4. The van der Waals surface area contributed by atoms with E-state index in [2.05, 4.69) is 22.5 Å². The van der Waals surface area contributed by atoms with Crippen LogP contribution in [0.5, 0.6) is 0 Å². The Morgan fingerprint density at radius 1 is 1.07 bits per heavy atom. The quantitative estimate of drug-likeness (QED) is 0.661. The number of nitrogens with one attached hydrogen (secondary N) is 1. The molecule has 1 aliphatic heterocycles. The molecular weight excluding hydrogens is 354 g/mol. The summed E-state index contributed by atoms with van der Waals surface area (Å²) in [6.45, 7) is -0.230. The number of anilines is 1. The molecule has 1 N–H and O–H groups in total. The van der Waals surface area contributed by atoms with Gasteiger partial charge < -0.3 is 5.32 Å². The molecule has 2 bridgehead atoms. The van der Waals surface area contributed by atoms with Gasteiger partial charge in [0.2, 0.25) is 17.7 Å². The van der Waals surface area contributed by atoms with Crippen molar-refractivity contribution in [3.8, 4) is 0 Å². The maximum atomic E-state index is 12.9. The fourth-order valence-electron chi connectivity index (χ4n) is 5.66. The van der Waals surface area contributed by atoms with Gasteiger partial charge in [0.25, 0.3) is 0 Å². The van der Waals surface area contributed by atoms with E-state index in [0.717, 1.165) is 17.3 Å². The summed E-state index contributed by atoms with van der Waals surface area (Å²) in [7, 11) is 0. The van der Waals surface area contributed by atoms with Crippen molar-refractivity contribution in [2.75, 3.05) is 11.9 Å². The van der Waals surface area contributed by atoms with Crippen LogP contribution in [-0.2, 0) is 14.4 Å². The highest BCUT2D eigenvalue weighted by Gasteiger charge is 2.67. The Hall–Kier alpha value is -3.02. The average Bonchev–Trinajstić information content (AvgIpc) is 3.49. The summed E-state index contributed by atoms with van der Waals surface area (Å²) in [6, 6.07) is 9.47. The first-order valence-electron chi connectivity index (χ1n) is 9.80. The molecule has 0 unspecified atom stereocenters. The van der Waals surface area contributed by atoms with Crippen LogP contribution in [0, 0.1) is 35.5 Å². The van der Waals surface area contributed by atoms with E-state index >= 15 is 0 Å². The van der Waals surface area contributed by atoms with Crippen LogP contribution in [0.3, 0.4) is 0 Å². The van der Waals surface area contributed by atoms with Crippen LogP contribution in [0.25, 0.3) is 10.9 Å². The number of para-hydroxylation sites is 1. The number of hydrogen-bond donors (Lipinski definition) is 1. The fourth-order valence-corrected chi connectivity index (χ4v) is 5.66. The third-order valence-electron chi connectivity index (χ3n) is 6.93. The van der Waals surface area contributed by atoms with Gasteiger partial charge in [0, 0.05) is 5.39 Å². The van der Waals surface area contributed by atoms with Crippen LogP contribution in [0.15, 0.2) is 48.7 Å². The van der Waals surface area contributed by atoms with Gasteiger partial charge in [-0.15, -0.1) is 0 Å². The predicted molar refractivity (Wildman–Crippen MR) is 102 cm³/mol. The molecule has 2 heterocycles. The Balaban J connectivity index is 1.20. The van der Waals surface area contributed by atoms with Crippen molar-refractivity contribution in [1.82, 2.24) is 9.88 Å². The summed E-state index contributed by atoms with van der Waals surface area (Å²) in [5, 5.41) is 3.69. The molecule has 1 aromatic carbocycles. The Morgan fingerprint density at radius 2 is 1.75 bits per heavy atom. The molecule has 6 nitrogen and oxygen atoms in total. The van der Waals surface area contributed by atoms with Gasteiger partial charge in [0.05, 0.1) is 29.2 Å². The number of nitrogens with zero attached hydrogens (tertiary/aromatic N) is 2. The van der Waals surface area contributed by atoms with Crippen molar-refractivity contribution in [3.63, 3.8) is 0 Å². The number of allylic oxidation sites excluding steroid dienone is 2. The molecular formula is C22H19N3O3. The Labute approximate surface area is 161 Å². The van der Waals surface area contributed by atoms with Crippen molar-refractivity contribution in [1.29, 1.82) is 0 Å². The van der Waals surface area contributed by atoms with Crippen LogP contribution in [0.1, 0.15) is 6.42 Å². The van der Waals surface area contributed by atoms with Crippen LogP contribution in [0.4, 0.5) is 5.69 Å². The number of fused-ring (bicyclic) bond motifs is 1. The van der Waals surface area contributed by atoms with Gasteiger partial charge >= 0.3 is 0 Å². The first-order chi connectivity index (χ1) is 13.6. The van der Waals surface area contributed by atoms with Crippen molar-refractivity contribution in [2.24, 2.45) is 35.5 Å². The smallest absolute Gasteiger partial charge is 0.244 e. The molecule has 6 heteroatoms. The van der Waals surface area contributed by atoms with Gasteiger partial charge in [-0.2, -0.15) is 0 Å². The normalized spacial score (nSPS) is 34.5. The van der Waals surface area contributed by atoms with Crippen molar-refractivity contribution >= 4 is 34.3 Å². The molecule has 1 aromatic heterocycles. The molecule has 2 saturated carbocycles. The zero-order chi connectivity index (χ0) is 19.0. The van der Waals surface area contributed by atoms with Crippen LogP contribution < -0.4 is 5.32 Å². The molecule has 0 spiro atoms. The highest BCUT2D eigenvalue weighted by Crippen LogP contribution is 2.65. The lowest BCUT2D eigenvalue weighted by molar-refractivity contribution is -0.142. The topological polar surface area (TPSA) is 79.4 Å².